The predicted octanol–water partition coefficient (Wildman–Crippen LogP) is 3.88. The summed E-state index contributed by atoms with van der Waals surface area (Å²) < 4.78 is 24.8. The molecule has 4 aromatic carbocycles. The lowest BCUT2D eigenvalue weighted by atomic mass is 9.62. The summed E-state index contributed by atoms with van der Waals surface area (Å²) in [6.07, 6.45) is -9.83. The van der Waals surface area contributed by atoms with E-state index in [4.69, 9.17) is 18.9 Å². The Morgan fingerprint density at radius 1 is 0.532 bits per heavy atom. The van der Waals surface area contributed by atoms with Gasteiger partial charge in [-0.2, -0.15) is 0 Å². The Hall–Kier alpha value is -4.22. The maximum atomic E-state index is 14.4. The van der Waals surface area contributed by atoms with E-state index in [9.17, 15) is 24.9 Å². The molecule has 0 saturated heterocycles. The summed E-state index contributed by atoms with van der Waals surface area (Å²) in [6.45, 7) is 0.287. The lowest BCUT2D eigenvalue weighted by Gasteiger charge is -2.53. The number of hydrogen-bond acceptors (Lipinski definition) is 9. The molecule has 9 atom stereocenters. The molecule has 3 N–H and O–H groups in total. The van der Waals surface area contributed by atoms with Crippen LogP contribution in [-0.4, -0.2) is 69.8 Å². The Morgan fingerprint density at radius 3 is 1.49 bits per heavy atom. The highest BCUT2D eigenvalue weighted by Gasteiger charge is 2.63. The molecule has 0 aliphatic heterocycles. The smallest absolute Gasteiger partial charge is 0.338 e. The average molecular weight is 639 g/mol. The SMILES string of the molecule is O=C(O[C@H]1[C@H](O)[C@H](O)[C@@H]2[C@@H](OCc3ccccc3)[C@H](OCc3ccccc3)[C@@H](OCc3ccccc3)C(=O)[C@H]2[C@@H]1O)c1ccccc1. The van der Waals surface area contributed by atoms with E-state index in [-0.39, 0.29) is 25.4 Å². The van der Waals surface area contributed by atoms with Crippen LogP contribution in [0, 0.1) is 11.8 Å². The number of ketones is 1. The van der Waals surface area contributed by atoms with Crippen LogP contribution in [0.4, 0.5) is 0 Å². The molecule has 244 valence electrons. The molecule has 4 aromatic rings. The van der Waals surface area contributed by atoms with E-state index in [1.165, 1.54) is 12.1 Å². The maximum Gasteiger partial charge on any atom is 0.338 e. The van der Waals surface area contributed by atoms with Crippen molar-refractivity contribution in [2.75, 3.05) is 0 Å². The van der Waals surface area contributed by atoms with Gasteiger partial charge in [-0.25, -0.2) is 4.79 Å². The number of carbonyl (C=O) groups is 2. The van der Waals surface area contributed by atoms with E-state index in [1.54, 1.807) is 18.2 Å². The van der Waals surface area contributed by atoms with Crippen molar-refractivity contribution in [3.8, 4) is 0 Å². The third-order valence-electron chi connectivity index (χ3n) is 8.91. The summed E-state index contributed by atoms with van der Waals surface area (Å²) in [5.41, 5.74) is 2.70. The lowest BCUT2D eigenvalue weighted by molar-refractivity contribution is -0.254. The first-order chi connectivity index (χ1) is 22.9. The molecule has 9 heteroatoms. The maximum absolute atomic E-state index is 14.4. The van der Waals surface area contributed by atoms with Crippen molar-refractivity contribution in [1.29, 1.82) is 0 Å². The molecular formula is C38H38O9. The predicted molar refractivity (Wildman–Crippen MR) is 171 cm³/mol. The zero-order chi connectivity index (χ0) is 32.8. The summed E-state index contributed by atoms with van der Waals surface area (Å²) in [6, 6.07) is 36.3. The van der Waals surface area contributed by atoms with Crippen molar-refractivity contribution in [2.45, 2.75) is 62.5 Å². The van der Waals surface area contributed by atoms with Crippen LogP contribution in [0.1, 0.15) is 27.0 Å². The number of hydrogen-bond donors (Lipinski definition) is 3. The first-order valence-corrected chi connectivity index (χ1v) is 15.7. The molecule has 0 aromatic heterocycles. The van der Waals surface area contributed by atoms with Crippen molar-refractivity contribution >= 4 is 11.8 Å². The molecule has 0 unspecified atom stereocenters. The molecule has 0 heterocycles. The first kappa shape index (κ1) is 32.7. The Bertz CT molecular complexity index is 1590. The number of rotatable bonds is 11. The minimum absolute atomic E-state index is 0.0684. The second-order valence-electron chi connectivity index (χ2n) is 12.0. The number of esters is 1. The molecule has 2 saturated carbocycles. The minimum atomic E-state index is -1.72. The van der Waals surface area contributed by atoms with Gasteiger partial charge in [0.1, 0.15) is 24.4 Å². The Morgan fingerprint density at radius 2 is 0.979 bits per heavy atom. The second kappa shape index (κ2) is 15.1. The quantitative estimate of drug-likeness (QED) is 0.210. The highest BCUT2D eigenvalue weighted by Crippen LogP contribution is 2.44. The molecule has 0 amide bonds. The monoisotopic (exact) mass is 638 g/mol. The summed E-state index contributed by atoms with van der Waals surface area (Å²) in [5.74, 6) is -3.76. The summed E-state index contributed by atoms with van der Waals surface area (Å²) >= 11 is 0. The number of benzene rings is 4. The summed E-state index contributed by atoms with van der Waals surface area (Å²) in [7, 11) is 0. The molecule has 2 fully saturated rings. The molecule has 2 aliphatic carbocycles. The highest BCUT2D eigenvalue weighted by molar-refractivity contribution is 5.90. The van der Waals surface area contributed by atoms with E-state index in [1.807, 2.05) is 91.0 Å². The number of aliphatic hydroxyl groups is 3. The minimum Gasteiger partial charge on any atom is -0.453 e. The van der Waals surface area contributed by atoms with Crippen LogP contribution in [-0.2, 0) is 43.6 Å². The van der Waals surface area contributed by atoms with Crippen LogP contribution in [0.25, 0.3) is 0 Å². The van der Waals surface area contributed by atoms with Crippen molar-refractivity contribution in [3.05, 3.63) is 144 Å². The number of ether oxygens (including phenoxy) is 4. The molecule has 47 heavy (non-hydrogen) atoms. The van der Waals surface area contributed by atoms with Crippen molar-refractivity contribution in [3.63, 3.8) is 0 Å². The molecule has 6 rings (SSSR count). The number of fused-ring (bicyclic) bond motifs is 1. The summed E-state index contributed by atoms with van der Waals surface area (Å²) in [5, 5.41) is 34.7. The Labute approximate surface area is 273 Å². The largest absolute Gasteiger partial charge is 0.453 e. The lowest BCUT2D eigenvalue weighted by Crippen LogP contribution is -2.71. The van der Waals surface area contributed by atoms with Crippen LogP contribution >= 0.6 is 0 Å². The van der Waals surface area contributed by atoms with Gasteiger partial charge in [0.15, 0.2) is 11.9 Å². The van der Waals surface area contributed by atoms with E-state index in [2.05, 4.69) is 0 Å². The van der Waals surface area contributed by atoms with Gasteiger partial charge in [-0.15, -0.1) is 0 Å². The van der Waals surface area contributed by atoms with Gasteiger partial charge in [-0.1, -0.05) is 109 Å². The Kier molecular flexibility index (Phi) is 10.5. The third-order valence-corrected chi connectivity index (χ3v) is 8.91. The van der Waals surface area contributed by atoms with E-state index in [0.717, 1.165) is 16.7 Å². The van der Waals surface area contributed by atoms with Gasteiger partial charge in [-0.05, 0) is 28.8 Å². The fraction of sp³-hybridized carbons (Fsp3) is 0.316. The standard InChI is InChI=1S/C38H38O9/c39-30-29-28(31(40)35(33(30)42)47-38(43)27-19-11-4-12-20-27)32(41)36(45-22-25-15-7-2-8-16-25)37(46-23-26-17-9-3-10-18-26)34(29)44-21-24-13-5-1-6-14-24/h1-20,28-31,33-37,39-40,42H,21-23H2/t28-,29-,30-,31+,33-,34-,35-,36+,37+/m1/s1. The summed E-state index contributed by atoms with van der Waals surface area (Å²) in [4.78, 5) is 27.4. The third kappa shape index (κ3) is 7.36. The second-order valence-corrected chi connectivity index (χ2v) is 12.0. The van der Waals surface area contributed by atoms with Gasteiger partial charge in [0, 0.05) is 5.92 Å². The fourth-order valence-electron chi connectivity index (χ4n) is 6.53. The number of aliphatic hydroxyl groups excluding tert-OH is 3. The van der Waals surface area contributed by atoms with Gasteiger partial charge in [0.2, 0.25) is 0 Å². The van der Waals surface area contributed by atoms with Gasteiger partial charge in [-0.3, -0.25) is 4.79 Å². The zero-order valence-electron chi connectivity index (χ0n) is 25.7. The molecule has 0 spiro atoms. The van der Waals surface area contributed by atoms with Crippen LogP contribution in [0.15, 0.2) is 121 Å². The van der Waals surface area contributed by atoms with Crippen molar-refractivity contribution < 1.29 is 43.9 Å². The van der Waals surface area contributed by atoms with Crippen LogP contribution in [0.5, 0.6) is 0 Å². The van der Waals surface area contributed by atoms with E-state index in [0.29, 0.717) is 0 Å². The molecule has 9 nitrogen and oxygen atoms in total. The first-order valence-electron chi connectivity index (χ1n) is 15.7. The van der Waals surface area contributed by atoms with Gasteiger partial charge >= 0.3 is 5.97 Å². The molecule has 2 aliphatic rings. The number of carbonyl (C=O) groups excluding carboxylic acids is 2. The van der Waals surface area contributed by atoms with Crippen LogP contribution in [0.2, 0.25) is 0 Å². The molecule has 0 radical (unpaired) electrons. The van der Waals surface area contributed by atoms with Gasteiger partial charge < -0.3 is 34.3 Å². The van der Waals surface area contributed by atoms with Gasteiger partial charge in [0.25, 0.3) is 0 Å². The zero-order valence-corrected chi connectivity index (χ0v) is 25.7. The average Bonchev–Trinajstić information content (AvgIpc) is 3.12. The van der Waals surface area contributed by atoms with Crippen LogP contribution < -0.4 is 0 Å². The highest BCUT2D eigenvalue weighted by atomic mass is 16.6. The van der Waals surface area contributed by atoms with E-state index >= 15 is 0 Å². The van der Waals surface area contributed by atoms with Gasteiger partial charge in [0.05, 0.1) is 43.5 Å². The normalized spacial score (nSPS) is 28.7. The topological polar surface area (TPSA) is 132 Å². The fourth-order valence-corrected chi connectivity index (χ4v) is 6.53. The molecular weight excluding hydrogens is 600 g/mol. The number of Topliss-reactive ketones (excluding diaryl/α,β-unsaturated/α-hetero) is 1. The van der Waals surface area contributed by atoms with Crippen molar-refractivity contribution in [1.82, 2.24) is 0 Å². The van der Waals surface area contributed by atoms with Crippen molar-refractivity contribution in [2.24, 2.45) is 11.8 Å². The molecule has 0 bridgehead atoms. The van der Waals surface area contributed by atoms with Crippen LogP contribution in [0.3, 0.4) is 0 Å². The Balaban J connectivity index is 1.35. The van der Waals surface area contributed by atoms with E-state index < -0.39 is 66.3 Å².